The minimum atomic E-state index is -4.76. The minimum Gasteiger partial charge on any atom is -0.406 e. The summed E-state index contributed by atoms with van der Waals surface area (Å²) >= 11 is 2.21. The third-order valence-corrected chi connectivity index (χ3v) is 5.15. The first kappa shape index (κ1) is 22.1. The first-order valence-electron chi connectivity index (χ1n) is 9.27. The quantitative estimate of drug-likeness (QED) is 0.339. The van der Waals surface area contributed by atoms with E-state index in [9.17, 15) is 13.2 Å². The van der Waals surface area contributed by atoms with Crippen LogP contribution in [0.4, 0.5) is 30.6 Å². The van der Waals surface area contributed by atoms with Crippen LogP contribution in [0.5, 0.6) is 5.75 Å². The Morgan fingerprint density at radius 3 is 2.53 bits per heavy atom. The molecule has 2 aromatic carbocycles. The lowest BCUT2D eigenvalue weighted by Crippen LogP contribution is -2.17. The number of ether oxygens (including phenoxy) is 1. The molecule has 0 saturated carbocycles. The van der Waals surface area contributed by atoms with E-state index >= 15 is 0 Å². The Bertz CT molecular complexity index is 1010. The SMILES string of the molecule is CC[C@@H](C)Nc1nc(Nc2ccccc2I)cc(-c2cccc(OC(F)(F)F)c2)n1. The molecule has 0 fully saturated rings. The molecule has 3 rings (SSSR count). The zero-order valence-corrected chi connectivity index (χ0v) is 18.5. The summed E-state index contributed by atoms with van der Waals surface area (Å²) in [6.45, 7) is 4.03. The monoisotopic (exact) mass is 528 g/mol. The standard InChI is InChI=1S/C21H20F3IN4O/c1-3-13(2)26-20-28-18(14-7-6-8-15(11-14)30-21(22,23)24)12-19(29-20)27-17-10-5-4-9-16(17)25/h4-13H,3H2,1-2H3,(H2,26,27,28,29)/t13-/m1/s1. The van der Waals surface area contributed by atoms with Gasteiger partial charge in [-0.05, 0) is 60.2 Å². The summed E-state index contributed by atoms with van der Waals surface area (Å²) in [6.07, 6.45) is -3.90. The highest BCUT2D eigenvalue weighted by molar-refractivity contribution is 14.1. The van der Waals surface area contributed by atoms with E-state index in [0.717, 1.165) is 15.7 Å². The van der Waals surface area contributed by atoms with E-state index in [1.807, 2.05) is 38.1 Å². The third-order valence-electron chi connectivity index (χ3n) is 4.21. The van der Waals surface area contributed by atoms with Crippen LogP contribution < -0.4 is 15.4 Å². The summed E-state index contributed by atoms with van der Waals surface area (Å²) in [5.74, 6) is 0.608. The Kier molecular flexibility index (Phi) is 7.01. The van der Waals surface area contributed by atoms with Crippen LogP contribution in [0.1, 0.15) is 20.3 Å². The van der Waals surface area contributed by atoms with Gasteiger partial charge in [0.1, 0.15) is 11.6 Å². The number of benzene rings is 2. The first-order valence-corrected chi connectivity index (χ1v) is 10.3. The van der Waals surface area contributed by atoms with Crippen LogP contribution in [0.15, 0.2) is 54.6 Å². The molecule has 0 aliphatic carbocycles. The van der Waals surface area contributed by atoms with Crippen molar-refractivity contribution in [3.63, 3.8) is 0 Å². The number of nitrogens with zero attached hydrogens (tertiary/aromatic N) is 2. The molecule has 1 heterocycles. The minimum absolute atomic E-state index is 0.129. The molecule has 0 amide bonds. The average Bonchev–Trinajstić information content (AvgIpc) is 2.68. The summed E-state index contributed by atoms with van der Waals surface area (Å²) in [6, 6.07) is 15.3. The molecular formula is C21H20F3IN4O. The van der Waals surface area contributed by atoms with Crippen molar-refractivity contribution in [3.05, 3.63) is 58.2 Å². The Labute approximate surface area is 186 Å². The molecule has 2 N–H and O–H groups in total. The molecule has 0 unspecified atom stereocenters. The first-order chi connectivity index (χ1) is 14.2. The second kappa shape index (κ2) is 9.50. The summed E-state index contributed by atoms with van der Waals surface area (Å²) in [7, 11) is 0. The van der Waals surface area contributed by atoms with Gasteiger partial charge in [-0.25, -0.2) is 4.98 Å². The van der Waals surface area contributed by atoms with E-state index in [-0.39, 0.29) is 11.8 Å². The number of rotatable bonds is 7. The average molecular weight is 528 g/mol. The number of halogens is 4. The lowest BCUT2D eigenvalue weighted by atomic mass is 10.1. The van der Waals surface area contributed by atoms with E-state index in [1.165, 1.54) is 18.2 Å². The smallest absolute Gasteiger partial charge is 0.406 e. The normalized spacial score (nSPS) is 12.3. The largest absolute Gasteiger partial charge is 0.573 e. The Balaban J connectivity index is 2.00. The number of aromatic nitrogens is 2. The van der Waals surface area contributed by atoms with Gasteiger partial charge in [0.05, 0.1) is 11.4 Å². The fraction of sp³-hybridized carbons (Fsp3) is 0.238. The van der Waals surface area contributed by atoms with E-state index in [4.69, 9.17) is 0 Å². The maximum atomic E-state index is 12.6. The van der Waals surface area contributed by atoms with Gasteiger partial charge >= 0.3 is 6.36 Å². The van der Waals surface area contributed by atoms with Crippen LogP contribution in [0.2, 0.25) is 0 Å². The van der Waals surface area contributed by atoms with Crippen molar-refractivity contribution in [2.24, 2.45) is 0 Å². The topological polar surface area (TPSA) is 59.1 Å². The zero-order valence-electron chi connectivity index (χ0n) is 16.3. The van der Waals surface area contributed by atoms with Gasteiger partial charge in [-0.3, -0.25) is 0 Å². The Hall–Kier alpha value is -2.56. The maximum Gasteiger partial charge on any atom is 0.573 e. The maximum absolute atomic E-state index is 12.6. The molecule has 0 saturated heterocycles. The second-order valence-corrected chi connectivity index (χ2v) is 7.76. The summed E-state index contributed by atoms with van der Waals surface area (Å²) < 4.78 is 42.8. The lowest BCUT2D eigenvalue weighted by Gasteiger charge is -2.15. The predicted octanol–water partition coefficient (Wildman–Crippen LogP) is 6.60. The van der Waals surface area contributed by atoms with Gasteiger partial charge < -0.3 is 15.4 Å². The molecule has 1 atom stereocenters. The molecule has 0 spiro atoms. The van der Waals surface area contributed by atoms with Gasteiger partial charge in [-0.15, -0.1) is 13.2 Å². The molecule has 0 bridgehead atoms. The fourth-order valence-corrected chi connectivity index (χ4v) is 3.12. The molecular weight excluding hydrogens is 508 g/mol. The van der Waals surface area contributed by atoms with Crippen molar-refractivity contribution in [2.45, 2.75) is 32.7 Å². The van der Waals surface area contributed by atoms with Gasteiger partial charge in [-0.2, -0.15) is 4.98 Å². The van der Waals surface area contributed by atoms with E-state index in [2.05, 4.69) is 47.9 Å². The van der Waals surface area contributed by atoms with E-state index in [0.29, 0.717) is 23.0 Å². The molecule has 0 aliphatic heterocycles. The fourth-order valence-electron chi connectivity index (χ4n) is 2.60. The van der Waals surface area contributed by atoms with Crippen LogP contribution >= 0.6 is 22.6 Å². The Morgan fingerprint density at radius 1 is 1.07 bits per heavy atom. The number of nitrogens with one attached hydrogen (secondary N) is 2. The number of anilines is 3. The molecule has 158 valence electrons. The van der Waals surface area contributed by atoms with Gasteiger partial charge in [-0.1, -0.05) is 31.2 Å². The molecule has 5 nitrogen and oxygen atoms in total. The van der Waals surface area contributed by atoms with Crippen molar-refractivity contribution in [1.82, 2.24) is 9.97 Å². The summed E-state index contributed by atoms with van der Waals surface area (Å²) in [5, 5.41) is 6.48. The highest BCUT2D eigenvalue weighted by atomic mass is 127. The predicted molar refractivity (Wildman–Crippen MR) is 120 cm³/mol. The number of hydrogen-bond acceptors (Lipinski definition) is 5. The highest BCUT2D eigenvalue weighted by Crippen LogP contribution is 2.30. The molecule has 9 heteroatoms. The van der Waals surface area contributed by atoms with Crippen LogP contribution in [-0.4, -0.2) is 22.4 Å². The lowest BCUT2D eigenvalue weighted by molar-refractivity contribution is -0.274. The molecule has 0 aliphatic rings. The third kappa shape index (κ3) is 6.22. The van der Waals surface area contributed by atoms with Crippen molar-refractivity contribution < 1.29 is 17.9 Å². The molecule has 1 aromatic heterocycles. The van der Waals surface area contributed by atoms with Gasteiger partial charge in [0, 0.05) is 21.2 Å². The highest BCUT2D eigenvalue weighted by Gasteiger charge is 2.31. The van der Waals surface area contributed by atoms with E-state index < -0.39 is 6.36 Å². The molecule has 30 heavy (non-hydrogen) atoms. The van der Waals surface area contributed by atoms with Crippen molar-refractivity contribution >= 4 is 40.0 Å². The number of para-hydroxylation sites is 1. The molecule has 3 aromatic rings. The van der Waals surface area contributed by atoms with Gasteiger partial charge in [0.25, 0.3) is 0 Å². The van der Waals surface area contributed by atoms with Crippen molar-refractivity contribution in [2.75, 3.05) is 10.6 Å². The number of alkyl halides is 3. The van der Waals surface area contributed by atoms with Crippen LogP contribution in [0, 0.1) is 3.57 Å². The summed E-state index contributed by atoms with van der Waals surface area (Å²) in [5.41, 5.74) is 1.82. The Morgan fingerprint density at radius 2 is 1.83 bits per heavy atom. The number of hydrogen-bond donors (Lipinski definition) is 2. The van der Waals surface area contributed by atoms with Crippen LogP contribution in [0.3, 0.4) is 0 Å². The van der Waals surface area contributed by atoms with Crippen molar-refractivity contribution in [1.29, 1.82) is 0 Å². The summed E-state index contributed by atoms with van der Waals surface area (Å²) in [4.78, 5) is 9.01. The van der Waals surface area contributed by atoms with Gasteiger partial charge in [0.15, 0.2) is 0 Å². The molecule has 0 radical (unpaired) electrons. The van der Waals surface area contributed by atoms with Crippen LogP contribution in [-0.2, 0) is 0 Å². The van der Waals surface area contributed by atoms with Crippen LogP contribution in [0.25, 0.3) is 11.3 Å². The second-order valence-electron chi connectivity index (χ2n) is 6.60. The zero-order chi connectivity index (χ0) is 21.7. The van der Waals surface area contributed by atoms with Crippen molar-refractivity contribution in [3.8, 4) is 17.0 Å². The van der Waals surface area contributed by atoms with E-state index in [1.54, 1.807) is 12.1 Å². The van der Waals surface area contributed by atoms with Gasteiger partial charge in [0.2, 0.25) is 5.95 Å².